The first-order valence-electron chi connectivity index (χ1n) is 7.23. The summed E-state index contributed by atoms with van der Waals surface area (Å²) < 4.78 is 2.35. The van der Waals surface area contributed by atoms with E-state index in [1.54, 1.807) is 0 Å². The summed E-state index contributed by atoms with van der Waals surface area (Å²) in [6.07, 6.45) is 4.80. The molecule has 0 aliphatic heterocycles. The third-order valence-corrected chi connectivity index (χ3v) is 4.22. The Morgan fingerprint density at radius 3 is 2.80 bits per heavy atom. The van der Waals surface area contributed by atoms with Gasteiger partial charge in [0.05, 0.1) is 17.3 Å². The quantitative estimate of drug-likeness (QED) is 0.836. The molecule has 1 aromatic carbocycles. The minimum Gasteiger partial charge on any atom is -0.328 e. The molecule has 0 saturated heterocycles. The van der Waals surface area contributed by atoms with E-state index in [2.05, 4.69) is 30.6 Å². The molecule has 3 rings (SSSR count). The zero-order valence-electron chi connectivity index (χ0n) is 12.1. The minimum atomic E-state index is 0.732. The minimum absolute atomic E-state index is 0.732. The second-order valence-corrected chi connectivity index (χ2v) is 5.60. The summed E-state index contributed by atoms with van der Waals surface area (Å²) in [6, 6.07) is 8.14. The Hall–Kier alpha value is -2.08. The van der Waals surface area contributed by atoms with E-state index < -0.39 is 0 Å². The van der Waals surface area contributed by atoms with E-state index >= 15 is 0 Å². The molecule has 0 fully saturated rings. The van der Waals surface area contributed by atoms with Gasteiger partial charge >= 0.3 is 0 Å². The van der Waals surface area contributed by atoms with Crippen LogP contribution in [-0.4, -0.2) is 9.55 Å². The largest absolute Gasteiger partial charge is 0.328 e. The lowest BCUT2D eigenvalue weighted by molar-refractivity contribution is 0.623. The molecule has 20 heavy (non-hydrogen) atoms. The molecule has 102 valence electrons. The van der Waals surface area contributed by atoms with Gasteiger partial charge in [-0.1, -0.05) is 6.07 Å². The van der Waals surface area contributed by atoms with Crippen LogP contribution in [0, 0.1) is 25.2 Å². The molecule has 1 heterocycles. The Labute approximate surface area is 119 Å². The molecule has 0 N–H and O–H groups in total. The molecule has 2 aromatic rings. The van der Waals surface area contributed by atoms with Crippen molar-refractivity contribution in [2.75, 3.05) is 0 Å². The van der Waals surface area contributed by atoms with Crippen LogP contribution < -0.4 is 0 Å². The second kappa shape index (κ2) is 5.13. The number of aryl methyl sites for hydroxylation is 3. The van der Waals surface area contributed by atoms with Gasteiger partial charge in [0.1, 0.15) is 5.82 Å². The lowest BCUT2D eigenvalue weighted by Gasteiger charge is -2.16. The molecule has 0 spiro atoms. The van der Waals surface area contributed by atoms with Crippen molar-refractivity contribution < 1.29 is 0 Å². The standard InChI is InChI=1S/C17H19N3/c1-12-9-14(10-18)7-8-15(12)11-20-13(2)19-16-5-3-4-6-17(16)20/h7-9H,3-6,11H2,1-2H3. The lowest BCUT2D eigenvalue weighted by atomic mass is 10.0. The lowest BCUT2D eigenvalue weighted by Crippen LogP contribution is -2.11. The van der Waals surface area contributed by atoms with Crippen molar-refractivity contribution in [2.24, 2.45) is 0 Å². The molecule has 3 nitrogen and oxygen atoms in total. The maximum Gasteiger partial charge on any atom is 0.106 e. The van der Waals surface area contributed by atoms with Crippen LogP contribution in [0.3, 0.4) is 0 Å². The molecule has 1 aliphatic carbocycles. The van der Waals surface area contributed by atoms with Crippen LogP contribution >= 0.6 is 0 Å². The predicted octanol–water partition coefficient (Wildman–Crippen LogP) is 3.30. The molecule has 0 atom stereocenters. The fraction of sp³-hybridized carbons (Fsp3) is 0.412. The van der Waals surface area contributed by atoms with Gasteiger partial charge in [-0.15, -0.1) is 0 Å². The fourth-order valence-corrected chi connectivity index (χ4v) is 3.06. The summed E-state index contributed by atoms with van der Waals surface area (Å²) in [7, 11) is 0. The number of rotatable bonds is 2. The van der Waals surface area contributed by atoms with Crippen LogP contribution in [0.1, 0.15) is 46.7 Å². The Kier molecular flexibility index (Phi) is 3.31. The van der Waals surface area contributed by atoms with E-state index in [1.807, 2.05) is 12.1 Å². The van der Waals surface area contributed by atoms with Crippen LogP contribution in [0.2, 0.25) is 0 Å². The number of hydrogen-bond donors (Lipinski definition) is 0. The van der Waals surface area contributed by atoms with E-state index in [9.17, 15) is 0 Å². The Morgan fingerprint density at radius 2 is 2.05 bits per heavy atom. The van der Waals surface area contributed by atoms with Crippen molar-refractivity contribution in [2.45, 2.75) is 46.1 Å². The van der Waals surface area contributed by atoms with Crippen LogP contribution in [0.15, 0.2) is 18.2 Å². The molecule has 1 aromatic heterocycles. The van der Waals surface area contributed by atoms with Crippen molar-refractivity contribution in [1.82, 2.24) is 9.55 Å². The molecule has 0 unspecified atom stereocenters. The average molecular weight is 265 g/mol. The number of nitriles is 1. The molecular weight excluding hydrogens is 246 g/mol. The van der Waals surface area contributed by atoms with E-state index in [0.29, 0.717) is 0 Å². The number of hydrogen-bond acceptors (Lipinski definition) is 2. The summed E-state index contributed by atoms with van der Waals surface area (Å²) in [4.78, 5) is 4.72. The van der Waals surface area contributed by atoms with Crippen molar-refractivity contribution in [1.29, 1.82) is 5.26 Å². The van der Waals surface area contributed by atoms with Gasteiger partial charge in [0.25, 0.3) is 0 Å². The first kappa shape index (κ1) is 12.9. The number of imidazole rings is 1. The molecule has 0 radical (unpaired) electrons. The Balaban J connectivity index is 1.96. The first-order valence-corrected chi connectivity index (χ1v) is 7.23. The van der Waals surface area contributed by atoms with E-state index in [1.165, 1.54) is 35.4 Å². The van der Waals surface area contributed by atoms with Crippen molar-refractivity contribution in [3.63, 3.8) is 0 Å². The van der Waals surface area contributed by atoms with Crippen molar-refractivity contribution in [3.05, 3.63) is 52.1 Å². The van der Waals surface area contributed by atoms with Crippen LogP contribution in [0.25, 0.3) is 0 Å². The zero-order chi connectivity index (χ0) is 14.1. The number of aromatic nitrogens is 2. The predicted molar refractivity (Wildman–Crippen MR) is 78.6 cm³/mol. The number of nitrogens with zero attached hydrogens (tertiary/aromatic N) is 3. The maximum absolute atomic E-state index is 8.95. The van der Waals surface area contributed by atoms with E-state index in [4.69, 9.17) is 10.2 Å². The highest BCUT2D eigenvalue weighted by Gasteiger charge is 2.18. The summed E-state index contributed by atoms with van der Waals surface area (Å²) in [5.41, 5.74) is 5.90. The fourth-order valence-electron chi connectivity index (χ4n) is 3.06. The monoisotopic (exact) mass is 265 g/mol. The molecule has 0 bridgehead atoms. The molecule has 3 heteroatoms. The summed E-state index contributed by atoms with van der Waals surface area (Å²) >= 11 is 0. The SMILES string of the molecule is Cc1cc(C#N)ccc1Cn1c(C)nc2c1CCCC2. The Morgan fingerprint density at radius 1 is 1.25 bits per heavy atom. The average Bonchev–Trinajstić information content (AvgIpc) is 2.77. The summed E-state index contributed by atoms with van der Waals surface area (Å²) in [6.45, 7) is 5.04. The topological polar surface area (TPSA) is 41.6 Å². The van der Waals surface area contributed by atoms with Crippen LogP contribution in [-0.2, 0) is 19.4 Å². The van der Waals surface area contributed by atoms with Crippen LogP contribution in [0.4, 0.5) is 0 Å². The molecule has 1 aliphatic rings. The van der Waals surface area contributed by atoms with Gasteiger partial charge in [0, 0.05) is 12.2 Å². The van der Waals surface area contributed by atoms with Gasteiger partial charge in [-0.2, -0.15) is 5.26 Å². The van der Waals surface area contributed by atoms with Gasteiger partial charge in [-0.3, -0.25) is 0 Å². The van der Waals surface area contributed by atoms with Gasteiger partial charge in [-0.05, 0) is 62.8 Å². The first-order chi connectivity index (χ1) is 9.69. The van der Waals surface area contributed by atoms with Gasteiger partial charge in [0.2, 0.25) is 0 Å². The highest BCUT2D eigenvalue weighted by molar-refractivity contribution is 5.38. The van der Waals surface area contributed by atoms with Gasteiger partial charge in [0.15, 0.2) is 0 Å². The van der Waals surface area contributed by atoms with Gasteiger partial charge in [-0.25, -0.2) is 4.98 Å². The third-order valence-electron chi connectivity index (χ3n) is 4.22. The Bertz CT molecular complexity index is 689. The van der Waals surface area contributed by atoms with Crippen LogP contribution in [0.5, 0.6) is 0 Å². The molecular formula is C17H19N3. The van der Waals surface area contributed by atoms with Gasteiger partial charge < -0.3 is 4.57 Å². The normalized spacial score (nSPS) is 13.8. The highest BCUT2D eigenvalue weighted by Crippen LogP contribution is 2.23. The van der Waals surface area contributed by atoms with Crippen molar-refractivity contribution in [3.8, 4) is 6.07 Å². The molecule has 0 saturated carbocycles. The zero-order valence-corrected chi connectivity index (χ0v) is 12.1. The molecule has 0 amide bonds. The van der Waals surface area contributed by atoms with E-state index in [-0.39, 0.29) is 0 Å². The van der Waals surface area contributed by atoms with E-state index in [0.717, 1.165) is 30.8 Å². The third kappa shape index (κ3) is 2.22. The van der Waals surface area contributed by atoms with Crippen molar-refractivity contribution >= 4 is 0 Å². The maximum atomic E-state index is 8.95. The highest BCUT2D eigenvalue weighted by atomic mass is 15.1. The number of fused-ring (bicyclic) bond motifs is 1. The second-order valence-electron chi connectivity index (χ2n) is 5.60. The summed E-state index contributed by atoms with van der Waals surface area (Å²) in [5, 5.41) is 8.95. The number of benzene rings is 1. The summed E-state index contributed by atoms with van der Waals surface area (Å²) in [5.74, 6) is 1.11. The smallest absolute Gasteiger partial charge is 0.106 e.